The quantitative estimate of drug-likeness (QED) is 0.160. The highest BCUT2D eigenvalue weighted by Crippen LogP contribution is 2.46. The summed E-state index contributed by atoms with van der Waals surface area (Å²) in [6, 6.07) is 84.5. The summed E-state index contributed by atoms with van der Waals surface area (Å²) in [5, 5.41) is 7.24. The molecule has 5 nitrogen and oxygen atoms in total. The van der Waals surface area contributed by atoms with E-state index in [1.807, 2.05) is 18.2 Å². The number of nitrogens with zero attached hydrogens (tertiary/aromatic N) is 5. The summed E-state index contributed by atoms with van der Waals surface area (Å²) >= 11 is 1.78. The Kier molecular flexibility index (Phi) is 9.00. The number of thiophene rings is 1. The zero-order chi connectivity index (χ0) is 45.4. The molecule has 4 heterocycles. The van der Waals surface area contributed by atoms with E-state index in [-0.39, 0.29) is 0 Å². The van der Waals surface area contributed by atoms with Gasteiger partial charge in [-0.3, -0.25) is 0 Å². The van der Waals surface area contributed by atoms with Gasteiger partial charge in [0.2, 0.25) is 0 Å². The summed E-state index contributed by atoms with van der Waals surface area (Å²) in [6.45, 7) is 0. The minimum Gasteiger partial charge on any atom is -0.309 e. The standard InChI is InChI=1S/C63H39N5S/c1-4-19-40(20-5-1)42-37-38-49-56(39-42)67(43-23-8-3-9-24-43)54-34-17-28-46(59(49)54)45-29-18-35-55-58(45)48-26-10-13-32-52(48)68(55)53-33-14-11-27-50(53)62-64-61(41-21-6-2-7-22-41)65-63(66-62)51-31-16-30-47-44-25-12-15-36-57(44)69-60(47)51/h1-39H. The van der Waals surface area contributed by atoms with Crippen molar-refractivity contribution < 1.29 is 0 Å². The van der Waals surface area contributed by atoms with E-state index in [0.29, 0.717) is 17.5 Å². The van der Waals surface area contributed by atoms with Crippen molar-refractivity contribution in [2.75, 3.05) is 0 Å². The van der Waals surface area contributed by atoms with Crippen molar-refractivity contribution >= 4 is 75.1 Å². The number of hydrogen-bond acceptors (Lipinski definition) is 4. The number of aromatic nitrogens is 5. The number of rotatable bonds is 7. The van der Waals surface area contributed by atoms with Gasteiger partial charge in [-0.2, -0.15) is 0 Å². The lowest BCUT2D eigenvalue weighted by Gasteiger charge is -2.15. The van der Waals surface area contributed by atoms with Gasteiger partial charge in [0.25, 0.3) is 0 Å². The zero-order valence-corrected chi connectivity index (χ0v) is 38.0. The van der Waals surface area contributed by atoms with E-state index in [0.717, 1.165) is 49.3 Å². The van der Waals surface area contributed by atoms with Crippen molar-refractivity contribution in [1.82, 2.24) is 24.1 Å². The summed E-state index contributed by atoms with van der Waals surface area (Å²) in [5.74, 6) is 1.89. The molecule has 322 valence electrons. The summed E-state index contributed by atoms with van der Waals surface area (Å²) in [7, 11) is 0. The van der Waals surface area contributed by atoms with Crippen molar-refractivity contribution in [3.63, 3.8) is 0 Å². The molecule has 0 saturated heterocycles. The van der Waals surface area contributed by atoms with E-state index in [2.05, 4.69) is 228 Å². The van der Waals surface area contributed by atoms with E-state index in [1.165, 1.54) is 64.8 Å². The molecule has 4 aromatic heterocycles. The number of hydrogen-bond donors (Lipinski definition) is 0. The first kappa shape index (κ1) is 39.2. The van der Waals surface area contributed by atoms with E-state index >= 15 is 0 Å². The summed E-state index contributed by atoms with van der Waals surface area (Å²) in [5.41, 5.74) is 14.2. The third-order valence-electron chi connectivity index (χ3n) is 13.6. The molecule has 10 aromatic carbocycles. The van der Waals surface area contributed by atoms with Gasteiger partial charge in [-0.25, -0.2) is 15.0 Å². The van der Waals surface area contributed by atoms with E-state index in [1.54, 1.807) is 11.3 Å². The largest absolute Gasteiger partial charge is 0.309 e. The van der Waals surface area contributed by atoms with Gasteiger partial charge in [-0.05, 0) is 82.9 Å². The third kappa shape index (κ3) is 6.27. The van der Waals surface area contributed by atoms with Crippen LogP contribution in [0.2, 0.25) is 0 Å². The highest BCUT2D eigenvalue weighted by atomic mass is 32.1. The van der Waals surface area contributed by atoms with Crippen LogP contribution >= 0.6 is 11.3 Å². The first-order chi connectivity index (χ1) is 34.2. The minimum absolute atomic E-state index is 0.614. The minimum atomic E-state index is 0.614. The fourth-order valence-corrected chi connectivity index (χ4v) is 11.8. The second-order valence-electron chi connectivity index (χ2n) is 17.5. The molecule has 0 spiro atoms. The number of para-hydroxylation sites is 3. The molecule has 0 radical (unpaired) electrons. The van der Waals surface area contributed by atoms with Crippen LogP contribution in [0, 0.1) is 0 Å². The second-order valence-corrected chi connectivity index (χ2v) is 18.5. The Bertz CT molecular complexity index is 4300. The first-order valence-electron chi connectivity index (χ1n) is 23.3. The van der Waals surface area contributed by atoms with E-state index in [9.17, 15) is 0 Å². The van der Waals surface area contributed by atoms with Crippen LogP contribution in [-0.2, 0) is 0 Å². The predicted octanol–water partition coefficient (Wildman–Crippen LogP) is 16.8. The second kappa shape index (κ2) is 15.8. The van der Waals surface area contributed by atoms with Gasteiger partial charge in [0, 0.05) is 64.1 Å². The van der Waals surface area contributed by atoms with Crippen molar-refractivity contribution in [2.45, 2.75) is 0 Å². The summed E-state index contributed by atoms with van der Waals surface area (Å²) in [6.07, 6.45) is 0. The lowest BCUT2D eigenvalue weighted by atomic mass is 9.95. The Labute approximate surface area is 401 Å². The molecule has 0 aliphatic heterocycles. The molecule has 0 fully saturated rings. The number of fused-ring (bicyclic) bond motifs is 9. The maximum Gasteiger partial charge on any atom is 0.166 e. The molecular weight excluding hydrogens is 859 g/mol. The normalized spacial score (nSPS) is 11.8. The van der Waals surface area contributed by atoms with Gasteiger partial charge in [0.1, 0.15) is 0 Å². The van der Waals surface area contributed by atoms with Gasteiger partial charge in [0.05, 0.1) is 27.8 Å². The van der Waals surface area contributed by atoms with Crippen LogP contribution in [0.4, 0.5) is 0 Å². The lowest BCUT2D eigenvalue weighted by molar-refractivity contribution is 1.07. The SMILES string of the molecule is c1ccc(-c2ccc3c4c(-c5cccc6c5c5ccccc5n6-c5ccccc5-c5nc(-c6ccccc6)nc(-c6cccc7c6sc6ccccc67)n5)cccc4n(-c4ccccc4)c3c2)cc1. The smallest absolute Gasteiger partial charge is 0.166 e. The molecule has 14 rings (SSSR count). The maximum atomic E-state index is 5.40. The van der Waals surface area contributed by atoms with Gasteiger partial charge >= 0.3 is 0 Å². The van der Waals surface area contributed by atoms with Crippen LogP contribution in [0.15, 0.2) is 237 Å². The molecule has 14 aromatic rings. The summed E-state index contributed by atoms with van der Waals surface area (Å²) in [4.78, 5) is 15.9. The van der Waals surface area contributed by atoms with Crippen LogP contribution in [-0.4, -0.2) is 24.1 Å². The fourth-order valence-electron chi connectivity index (χ4n) is 10.6. The van der Waals surface area contributed by atoms with Crippen LogP contribution in [0.1, 0.15) is 0 Å². The molecule has 0 unspecified atom stereocenters. The van der Waals surface area contributed by atoms with Crippen LogP contribution in [0.25, 0.3) is 132 Å². The number of benzene rings is 10. The molecular formula is C63H39N5S. The zero-order valence-electron chi connectivity index (χ0n) is 37.2. The van der Waals surface area contributed by atoms with Crippen LogP contribution in [0.5, 0.6) is 0 Å². The molecule has 0 atom stereocenters. The van der Waals surface area contributed by atoms with Crippen LogP contribution < -0.4 is 0 Å². The Morgan fingerprint density at radius 1 is 0.304 bits per heavy atom. The van der Waals surface area contributed by atoms with Gasteiger partial charge < -0.3 is 9.13 Å². The average molecular weight is 898 g/mol. The fraction of sp³-hybridized carbons (Fsp3) is 0. The highest BCUT2D eigenvalue weighted by molar-refractivity contribution is 7.26. The van der Waals surface area contributed by atoms with Gasteiger partial charge in [-0.1, -0.05) is 176 Å². The third-order valence-corrected chi connectivity index (χ3v) is 14.8. The Morgan fingerprint density at radius 2 is 0.826 bits per heavy atom. The van der Waals surface area contributed by atoms with Crippen LogP contribution in [0.3, 0.4) is 0 Å². The van der Waals surface area contributed by atoms with Gasteiger partial charge in [0.15, 0.2) is 17.5 Å². The predicted molar refractivity (Wildman–Crippen MR) is 289 cm³/mol. The molecule has 0 saturated carbocycles. The molecule has 0 bridgehead atoms. The average Bonchev–Trinajstić information content (AvgIpc) is 4.09. The topological polar surface area (TPSA) is 48.5 Å². The molecule has 69 heavy (non-hydrogen) atoms. The molecule has 0 aliphatic carbocycles. The molecule has 6 heteroatoms. The first-order valence-corrected chi connectivity index (χ1v) is 24.1. The van der Waals surface area contributed by atoms with Crippen molar-refractivity contribution in [3.8, 4) is 67.8 Å². The molecule has 0 aliphatic rings. The maximum absolute atomic E-state index is 5.40. The van der Waals surface area contributed by atoms with Crippen molar-refractivity contribution in [2.24, 2.45) is 0 Å². The van der Waals surface area contributed by atoms with Gasteiger partial charge in [-0.15, -0.1) is 11.3 Å². The highest BCUT2D eigenvalue weighted by Gasteiger charge is 2.24. The Hall–Kier alpha value is -8.97. The Morgan fingerprint density at radius 3 is 1.59 bits per heavy atom. The van der Waals surface area contributed by atoms with Crippen molar-refractivity contribution in [1.29, 1.82) is 0 Å². The van der Waals surface area contributed by atoms with E-state index in [4.69, 9.17) is 15.0 Å². The lowest BCUT2D eigenvalue weighted by Crippen LogP contribution is -2.03. The van der Waals surface area contributed by atoms with Crippen molar-refractivity contribution in [3.05, 3.63) is 237 Å². The summed E-state index contributed by atoms with van der Waals surface area (Å²) < 4.78 is 7.23. The monoisotopic (exact) mass is 897 g/mol. The molecule has 0 amide bonds. The molecule has 0 N–H and O–H groups in total. The Balaban J connectivity index is 1.00. The van der Waals surface area contributed by atoms with E-state index < -0.39 is 0 Å².